The van der Waals surface area contributed by atoms with Gasteiger partial charge >= 0.3 is 0 Å². The topological polar surface area (TPSA) is 36.9 Å². The Morgan fingerprint density at radius 3 is 1.58 bits per heavy atom. The number of hydrogen-bond acceptors (Lipinski definition) is 4. The van der Waals surface area contributed by atoms with Crippen LogP contribution in [-0.2, 0) is 18.9 Å². The molecule has 4 heteroatoms. The molecule has 0 aliphatic carbocycles. The highest BCUT2D eigenvalue weighted by atomic mass is 16.5. The van der Waals surface area contributed by atoms with E-state index < -0.39 is 0 Å². The van der Waals surface area contributed by atoms with Gasteiger partial charge in [-0.3, -0.25) is 0 Å². The highest BCUT2D eigenvalue weighted by molar-refractivity contribution is 5.15. The Bertz CT molecular complexity index is 798. The molecule has 0 aliphatic heterocycles. The molecule has 0 heterocycles. The lowest BCUT2D eigenvalue weighted by molar-refractivity contribution is 0.130. The van der Waals surface area contributed by atoms with Gasteiger partial charge in [-0.05, 0) is 89.9 Å². The van der Waals surface area contributed by atoms with E-state index in [0.29, 0.717) is 6.61 Å². The Labute approximate surface area is 300 Å². The van der Waals surface area contributed by atoms with E-state index in [4.69, 9.17) is 18.9 Å². The molecule has 0 fully saturated rings. The van der Waals surface area contributed by atoms with Crippen LogP contribution in [0.3, 0.4) is 0 Å². The van der Waals surface area contributed by atoms with Gasteiger partial charge in [-0.2, -0.15) is 0 Å². The zero-order valence-corrected chi connectivity index (χ0v) is 33.0. The van der Waals surface area contributed by atoms with Crippen LogP contribution in [0.2, 0.25) is 0 Å². The van der Waals surface area contributed by atoms with Crippen LogP contribution < -0.4 is 0 Å². The smallest absolute Gasteiger partial charge is 0.0888 e. The van der Waals surface area contributed by atoms with E-state index in [1.165, 1.54) is 135 Å². The van der Waals surface area contributed by atoms with Crippen LogP contribution in [0.4, 0.5) is 0 Å². The van der Waals surface area contributed by atoms with Crippen LogP contribution in [0.1, 0.15) is 194 Å². The average Bonchev–Trinajstić information content (AvgIpc) is 3.09. The summed E-state index contributed by atoms with van der Waals surface area (Å²) in [5.74, 6) is 3.53. The van der Waals surface area contributed by atoms with Gasteiger partial charge in [0.15, 0.2) is 0 Å². The van der Waals surface area contributed by atoms with Crippen molar-refractivity contribution in [1.29, 1.82) is 0 Å². The lowest BCUT2D eigenvalue weighted by atomic mass is 9.86. The van der Waals surface area contributed by atoms with Crippen molar-refractivity contribution in [3.05, 3.63) is 48.2 Å². The first-order valence-corrected chi connectivity index (χ1v) is 20.4. The first-order valence-electron chi connectivity index (χ1n) is 20.4. The Morgan fingerprint density at radius 2 is 0.938 bits per heavy atom. The van der Waals surface area contributed by atoms with Gasteiger partial charge in [-0.25, -0.2) is 0 Å². The summed E-state index contributed by atoms with van der Waals surface area (Å²) in [6, 6.07) is 0. The third-order valence-corrected chi connectivity index (χ3v) is 9.80. The average molecular weight is 675 g/mol. The molecule has 0 aromatic rings. The Hall–Kier alpha value is -1.68. The molecule has 0 amide bonds. The van der Waals surface area contributed by atoms with Gasteiger partial charge in [-0.1, -0.05) is 122 Å². The van der Waals surface area contributed by atoms with Crippen molar-refractivity contribution >= 4 is 0 Å². The first kappa shape index (κ1) is 46.3. The Morgan fingerprint density at radius 1 is 0.438 bits per heavy atom. The fourth-order valence-corrected chi connectivity index (χ4v) is 6.71. The second-order valence-electron chi connectivity index (χ2n) is 14.1. The van der Waals surface area contributed by atoms with Crippen LogP contribution in [0.15, 0.2) is 48.2 Å². The summed E-state index contributed by atoms with van der Waals surface area (Å²) in [5.41, 5.74) is 3.47. The van der Waals surface area contributed by atoms with Crippen LogP contribution >= 0.6 is 0 Å². The fraction of sp³-hybridized carbons (Fsp3) is 0.818. The molecule has 0 saturated heterocycles. The number of ether oxygens (including phenoxy) is 4. The van der Waals surface area contributed by atoms with E-state index in [1.54, 1.807) is 25.4 Å². The van der Waals surface area contributed by atoms with Crippen molar-refractivity contribution in [3.63, 3.8) is 0 Å². The van der Waals surface area contributed by atoms with E-state index in [-0.39, 0.29) is 0 Å². The third kappa shape index (κ3) is 29.3. The molecule has 0 saturated carbocycles. The standard InChI is InChI=1S/C44H82O4/c1-9-12-13-14-15-17-20-29-42(36-35-40(5)46-8)30-26-34-44(33-25-28-39(4)45-7)43(32-23-22-27-41(6)48-11-3)31-21-18-16-19-24-38-47-37-10-2/h42H,4-6,9-38H2,1-3,7-8H3. The lowest BCUT2D eigenvalue weighted by Crippen LogP contribution is -2.04. The van der Waals surface area contributed by atoms with Gasteiger partial charge in [0.05, 0.1) is 38.1 Å². The van der Waals surface area contributed by atoms with Crippen LogP contribution in [0, 0.1) is 5.92 Å². The fourth-order valence-electron chi connectivity index (χ4n) is 6.71. The Kier molecular flexibility index (Phi) is 33.9. The number of hydrogen-bond donors (Lipinski definition) is 0. The maximum absolute atomic E-state index is 5.69. The second kappa shape index (κ2) is 35.2. The predicted molar refractivity (Wildman–Crippen MR) is 210 cm³/mol. The van der Waals surface area contributed by atoms with Gasteiger partial charge in [0.1, 0.15) is 0 Å². The molecular weight excluding hydrogens is 592 g/mol. The first-order chi connectivity index (χ1) is 23.4. The van der Waals surface area contributed by atoms with Crippen molar-refractivity contribution in [2.24, 2.45) is 5.92 Å². The van der Waals surface area contributed by atoms with Crippen LogP contribution in [-0.4, -0.2) is 34.0 Å². The van der Waals surface area contributed by atoms with Crippen molar-refractivity contribution in [2.45, 2.75) is 194 Å². The number of allylic oxidation sites excluding steroid dienone is 5. The molecule has 0 N–H and O–H groups in total. The quantitative estimate of drug-likeness (QED) is 0.0371. The molecule has 0 aromatic heterocycles. The maximum atomic E-state index is 5.69. The van der Waals surface area contributed by atoms with Gasteiger partial charge in [0, 0.05) is 32.5 Å². The molecule has 1 unspecified atom stereocenters. The summed E-state index contributed by atoms with van der Waals surface area (Å²) in [6.45, 7) is 21.4. The normalized spacial score (nSPS) is 12.4. The summed E-state index contributed by atoms with van der Waals surface area (Å²) >= 11 is 0. The van der Waals surface area contributed by atoms with Gasteiger partial charge in [0.2, 0.25) is 0 Å². The van der Waals surface area contributed by atoms with E-state index in [1.807, 2.05) is 6.92 Å². The highest BCUT2D eigenvalue weighted by Crippen LogP contribution is 2.31. The van der Waals surface area contributed by atoms with Crippen LogP contribution in [0.5, 0.6) is 0 Å². The zero-order valence-electron chi connectivity index (χ0n) is 33.0. The van der Waals surface area contributed by atoms with Gasteiger partial charge in [-0.15, -0.1) is 0 Å². The molecule has 0 aliphatic rings. The van der Waals surface area contributed by atoms with E-state index >= 15 is 0 Å². The molecule has 282 valence electrons. The maximum Gasteiger partial charge on any atom is 0.0888 e. The van der Waals surface area contributed by atoms with Crippen molar-refractivity contribution < 1.29 is 18.9 Å². The molecule has 0 rings (SSSR count). The Balaban J connectivity index is 5.47. The van der Waals surface area contributed by atoms with Crippen molar-refractivity contribution in [3.8, 4) is 0 Å². The summed E-state index contributed by atoms with van der Waals surface area (Å²) in [7, 11) is 3.51. The zero-order chi connectivity index (χ0) is 35.5. The lowest BCUT2D eigenvalue weighted by Gasteiger charge is -2.20. The van der Waals surface area contributed by atoms with Crippen molar-refractivity contribution in [1.82, 2.24) is 0 Å². The molecular formula is C44H82O4. The summed E-state index contributed by atoms with van der Waals surface area (Å²) in [6.07, 6.45) is 33.5. The molecule has 0 radical (unpaired) electrons. The summed E-state index contributed by atoms with van der Waals surface area (Å²) in [5, 5.41) is 0. The molecule has 0 aromatic carbocycles. The minimum atomic E-state index is 0.713. The predicted octanol–water partition coefficient (Wildman–Crippen LogP) is 14.4. The molecule has 48 heavy (non-hydrogen) atoms. The molecule has 4 nitrogen and oxygen atoms in total. The number of unbranched alkanes of at least 4 members (excludes halogenated alkanes) is 11. The molecule has 0 spiro atoms. The molecule has 1 atom stereocenters. The SMILES string of the molecule is C=C(CCCC(CCCC(CCCCCCCCC)CCC(=C)OC)=C(CCCCCCCOCCC)CCCCC(=C)OCC)OC. The third-order valence-electron chi connectivity index (χ3n) is 9.80. The summed E-state index contributed by atoms with van der Waals surface area (Å²) < 4.78 is 22.2. The van der Waals surface area contributed by atoms with Gasteiger partial charge < -0.3 is 18.9 Å². The second-order valence-corrected chi connectivity index (χ2v) is 14.1. The van der Waals surface area contributed by atoms with Crippen LogP contribution in [0.25, 0.3) is 0 Å². The molecule has 0 bridgehead atoms. The summed E-state index contributed by atoms with van der Waals surface area (Å²) in [4.78, 5) is 0. The van der Waals surface area contributed by atoms with E-state index in [9.17, 15) is 0 Å². The van der Waals surface area contributed by atoms with Gasteiger partial charge in [0.25, 0.3) is 0 Å². The van der Waals surface area contributed by atoms with E-state index in [0.717, 1.165) is 74.9 Å². The minimum Gasteiger partial charge on any atom is -0.502 e. The minimum absolute atomic E-state index is 0.713. The number of rotatable bonds is 38. The largest absolute Gasteiger partial charge is 0.502 e. The highest BCUT2D eigenvalue weighted by Gasteiger charge is 2.13. The van der Waals surface area contributed by atoms with Crippen molar-refractivity contribution in [2.75, 3.05) is 34.0 Å². The monoisotopic (exact) mass is 675 g/mol. The van der Waals surface area contributed by atoms with E-state index in [2.05, 4.69) is 33.6 Å². The number of methoxy groups -OCH3 is 2.